The van der Waals surface area contributed by atoms with Crippen molar-refractivity contribution in [1.29, 1.82) is 0 Å². The maximum Gasteiger partial charge on any atom is 0.271 e. The molecule has 1 heterocycles. The maximum atomic E-state index is 13.3. The molecule has 3 N–H and O–H groups in total. The van der Waals surface area contributed by atoms with E-state index in [4.69, 9.17) is 5.73 Å². The van der Waals surface area contributed by atoms with Gasteiger partial charge in [0.25, 0.3) is 5.91 Å². The number of benzene rings is 3. The number of primary amides is 1. The highest BCUT2D eigenvalue weighted by Crippen LogP contribution is 2.25. The van der Waals surface area contributed by atoms with E-state index in [2.05, 4.69) is 10.4 Å². The molecule has 1 aliphatic rings. The Balaban J connectivity index is 1.41. The van der Waals surface area contributed by atoms with Gasteiger partial charge in [0.05, 0.1) is 12.1 Å². The zero-order valence-electron chi connectivity index (χ0n) is 19.7. The van der Waals surface area contributed by atoms with Crippen LogP contribution >= 0.6 is 0 Å². The predicted octanol–water partition coefficient (Wildman–Crippen LogP) is 3.48. The summed E-state index contributed by atoms with van der Waals surface area (Å²) in [5, 5.41) is 8.36. The Morgan fingerprint density at radius 2 is 1.69 bits per heavy atom. The van der Waals surface area contributed by atoms with Crippen molar-refractivity contribution < 1.29 is 18.8 Å². The zero-order valence-corrected chi connectivity index (χ0v) is 19.7. The zero-order chi connectivity index (χ0) is 25.7. The lowest BCUT2D eigenvalue weighted by atomic mass is 10.1. The SMILES string of the molecule is CCN(C(=O)Cc1ccc(NC(=O)C2=NN(c3ccc(F)cc3)C(C(N)=O)C2)cc1)c1ccccc1. The molecular formula is C27H26FN5O3. The molecular weight excluding hydrogens is 461 g/mol. The van der Waals surface area contributed by atoms with Crippen molar-refractivity contribution in [3.63, 3.8) is 0 Å². The molecule has 0 radical (unpaired) electrons. The van der Waals surface area contributed by atoms with Gasteiger partial charge in [0, 0.05) is 24.3 Å². The molecule has 36 heavy (non-hydrogen) atoms. The lowest BCUT2D eigenvalue weighted by Gasteiger charge is -2.21. The summed E-state index contributed by atoms with van der Waals surface area (Å²) in [6.45, 7) is 2.48. The third kappa shape index (κ3) is 5.57. The van der Waals surface area contributed by atoms with E-state index < -0.39 is 23.7 Å². The maximum absolute atomic E-state index is 13.3. The fraction of sp³-hybridized carbons (Fsp3) is 0.185. The van der Waals surface area contributed by atoms with Crippen LogP contribution in [-0.2, 0) is 20.8 Å². The summed E-state index contributed by atoms with van der Waals surface area (Å²) in [7, 11) is 0. The van der Waals surface area contributed by atoms with Gasteiger partial charge < -0.3 is 16.0 Å². The number of hydrogen-bond donors (Lipinski definition) is 2. The molecule has 0 aromatic heterocycles. The van der Waals surface area contributed by atoms with Crippen LogP contribution in [-0.4, -0.2) is 36.0 Å². The molecule has 184 valence electrons. The normalized spacial score (nSPS) is 14.8. The lowest BCUT2D eigenvalue weighted by molar-refractivity contribution is -0.119. The van der Waals surface area contributed by atoms with Crippen LogP contribution in [0.5, 0.6) is 0 Å². The van der Waals surface area contributed by atoms with Crippen LogP contribution in [0.1, 0.15) is 18.9 Å². The Labute approximate surface area is 208 Å². The van der Waals surface area contributed by atoms with Crippen LogP contribution in [0.4, 0.5) is 21.5 Å². The van der Waals surface area contributed by atoms with Crippen molar-refractivity contribution in [1.82, 2.24) is 0 Å². The van der Waals surface area contributed by atoms with Gasteiger partial charge in [0.2, 0.25) is 11.8 Å². The third-order valence-corrected chi connectivity index (χ3v) is 5.84. The van der Waals surface area contributed by atoms with Gasteiger partial charge in [0.1, 0.15) is 17.6 Å². The van der Waals surface area contributed by atoms with E-state index in [1.165, 1.54) is 29.3 Å². The molecule has 1 atom stereocenters. The number of anilines is 3. The number of carbonyl (C=O) groups excluding carboxylic acids is 3. The highest BCUT2D eigenvalue weighted by atomic mass is 19.1. The minimum atomic E-state index is -0.851. The quantitative estimate of drug-likeness (QED) is 0.507. The van der Waals surface area contributed by atoms with Crippen molar-refractivity contribution in [3.8, 4) is 0 Å². The van der Waals surface area contributed by atoms with Gasteiger partial charge in [-0.3, -0.25) is 19.4 Å². The van der Waals surface area contributed by atoms with E-state index in [0.717, 1.165) is 11.3 Å². The van der Waals surface area contributed by atoms with Gasteiger partial charge >= 0.3 is 0 Å². The molecule has 3 amide bonds. The van der Waals surface area contributed by atoms with E-state index in [-0.39, 0.29) is 24.5 Å². The van der Waals surface area contributed by atoms with E-state index in [9.17, 15) is 18.8 Å². The number of nitrogens with zero attached hydrogens (tertiary/aromatic N) is 3. The molecule has 0 spiro atoms. The average Bonchev–Trinajstić information content (AvgIpc) is 3.33. The summed E-state index contributed by atoms with van der Waals surface area (Å²) in [5.41, 5.74) is 8.25. The van der Waals surface area contributed by atoms with Crippen LogP contribution in [0.2, 0.25) is 0 Å². The minimum Gasteiger partial charge on any atom is -0.368 e. The minimum absolute atomic E-state index is 0.0253. The van der Waals surface area contributed by atoms with E-state index >= 15 is 0 Å². The van der Waals surface area contributed by atoms with E-state index in [0.29, 0.717) is 17.9 Å². The topological polar surface area (TPSA) is 108 Å². The van der Waals surface area contributed by atoms with Gasteiger partial charge in [0.15, 0.2) is 0 Å². The molecule has 1 unspecified atom stereocenters. The number of hydrazone groups is 1. The summed E-state index contributed by atoms with van der Waals surface area (Å²) in [4.78, 5) is 39.3. The Morgan fingerprint density at radius 1 is 1.03 bits per heavy atom. The predicted molar refractivity (Wildman–Crippen MR) is 137 cm³/mol. The molecule has 0 bridgehead atoms. The first-order valence-corrected chi connectivity index (χ1v) is 11.5. The highest BCUT2D eigenvalue weighted by molar-refractivity contribution is 6.44. The Hall–Kier alpha value is -4.53. The average molecular weight is 488 g/mol. The molecule has 0 aliphatic carbocycles. The standard InChI is InChI=1S/C27H26FN5O3/c1-2-32(21-6-4-3-5-7-21)25(34)16-18-8-12-20(13-9-18)30-27(36)23-17-24(26(29)35)33(31-23)22-14-10-19(28)11-15-22/h3-15,24H,2,16-17H2,1H3,(H2,29,35)(H,30,36). The van der Waals surface area contributed by atoms with Crippen molar-refractivity contribution in [3.05, 3.63) is 90.2 Å². The first-order valence-electron chi connectivity index (χ1n) is 11.5. The van der Waals surface area contributed by atoms with E-state index in [1.54, 1.807) is 29.2 Å². The molecule has 4 rings (SSSR count). The largest absolute Gasteiger partial charge is 0.368 e. The van der Waals surface area contributed by atoms with Crippen LogP contribution in [0.3, 0.4) is 0 Å². The highest BCUT2D eigenvalue weighted by Gasteiger charge is 2.35. The van der Waals surface area contributed by atoms with Gasteiger partial charge in [-0.15, -0.1) is 0 Å². The molecule has 0 fully saturated rings. The molecule has 1 aliphatic heterocycles. The number of hydrogen-bond acceptors (Lipinski definition) is 5. The number of carbonyl (C=O) groups is 3. The van der Waals surface area contributed by atoms with Crippen LogP contribution in [0.15, 0.2) is 84.0 Å². The number of para-hydroxylation sites is 1. The number of halogens is 1. The fourth-order valence-corrected chi connectivity index (χ4v) is 3.99. The van der Waals surface area contributed by atoms with Crippen molar-refractivity contribution in [2.24, 2.45) is 10.8 Å². The second kappa shape index (κ2) is 10.8. The van der Waals surface area contributed by atoms with Crippen molar-refractivity contribution in [2.45, 2.75) is 25.8 Å². The van der Waals surface area contributed by atoms with Gasteiger partial charge in [-0.1, -0.05) is 30.3 Å². The second-order valence-electron chi connectivity index (χ2n) is 8.29. The van der Waals surface area contributed by atoms with Crippen molar-refractivity contribution >= 4 is 40.5 Å². The third-order valence-electron chi connectivity index (χ3n) is 5.84. The van der Waals surface area contributed by atoms with Crippen LogP contribution in [0, 0.1) is 5.82 Å². The Kier molecular flexibility index (Phi) is 7.39. The fourth-order valence-electron chi connectivity index (χ4n) is 3.99. The molecule has 8 nitrogen and oxygen atoms in total. The van der Waals surface area contributed by atoms with Gasteiger partial charge in [-0.05, 0) is 61.0 Å². The summed E-state index contributed by atoms with van der Waals surface area (Å²) < 4.78 is 13.3. The Morgan fingerprint density at radius 3 is 2.31 bits per heavy atom. The first kappa shape index (κ1) is 24.6. The number of nitrogens with two attached hydrogens (primary N) is 1. The van der Waals surface area contributed by atoms with E-state index in [1.807, 2.05) is 37.3 Å². The summed E-state index contributed by atoms with van der Waals surface area (Å²) in [5.74, 6) is -1.57. The first-order chi connectivity index (χ1) is 17.4. The summed E-state index contributed by atoms with van der Waals surface area (Å²) >= 11 is 0. The Bertz CT molecular complexity index is 1280. The van der Waals surface area contributed by atoms with Gasteiger partial charge in [-0.2, -0.15) is 5.10 Å². The monoisotopic (exact) mass is 487 g/mol. The van der Waals surface area contributed by atoms with Crippen LogP contribution < -0.4 is 21.0 Å². The molecule has 0 saturated heterocycles. The summed E-state index contributed by atoms with van der Waals surface area (Å²) in [6, 6.07) is 21.0. The number of nitrogens with one attached hydrogen (secondary N) is 1. The van der Waals surface area contributed by atoms with Gasteiger partial charge in [-0.25, -0.2) is 4.39 Å². The van der Waals surface area contributed by atoms with Crippen molar-refractivity contribution in [2.75, 3.05) is 21.8 Å². The smallest absolute Gasteiger partial charge is 0.271 e. The molecule has 0 saturated carbocycles. The number of amides is 3. The van der Waals surface area contributed by atoms with Crippen LogP contribution in [0.25, 0.3) is 0 Å². The number of likely N-dealkylation sites (N-methyl/N-ethyl adjacent to an activating group) is 1. The molecule has 9 heteroatoms. The second-order valence-corrected chi connectivity index (χ2v) is 8.29. The molecule has 3 aromatic carbocycles. The summed E-state index contributed by atoms with van der Waals surface area (Å²) in [6.07, 6.45) is 0.244. The lowest BCUT2D eigenvalue weighted by Crippen LogP contribution is -2.39. The molecule has 3 aromatic rings. The number of rotatable bonds is 8.